The number of likely N-dealkylation sites (N-methyl/N-ethyl adjacent to an activating group) is 1. The SMILES string of the molecule is CCCN(C)CC(C)(O)CNc1cc(OC)cc2cccnc12.Cl. The van der Waals surface area contributed by atoms with Gasteiger partial charge in [0.15, 0.2) is 0 Å². The van der Waals surface area contributed by atoms with Crippen molar-refractivity contribution in [2.24, 2.45) is 0 Å². The number of ether oxygens (including phenoxy) is 1. The lowest BCUT2D eigenvalue weighted by Gasteiger charge is -2.29. The second-order valence-electron chi connectivity index (χ2n) is 6.34. The van der Waals surface area contributed by atoms with E-state index in [2.05, 4.69) is 22.1 Å². The zero-order valence-electron chi connectivity index (χ0n) is 14.9. The summed E-state index contributed by atoms with van der Waals surface area (Å²) in [6.07, 6.45) is 2.84. The Labute approximate surface area is 150 Å². The Bertz CT molecular complexity index is 649. The average Bonchev–Trinajstić information content (AvgIpc) is 2.52. The number of benzene rings is 1. The molecule has 1 atom stereocenters. The molecule has 0 aliphatic rings. The van der Waals surface area contributed by atoms with Crippen LogP contribution < -0.4 is 10.1 Å². The number of aliphatic hydroxyl groups is 1. The van der Waals surface area contributed by atoms with Crippen molar-refractivity contribution < 1.29 is 9.84 Å². The Morgan fingerprint density at radius 1 is 1.38 bits per heavy atom. The van der Waals surface area contributed by atoms with Gasteiger partial charge in [0, 0.05) is 30.7 Å². The van der Waals surface area contributed by atoms with Crippen LogP contribution in [0.1, 0.15) is 20.3 Å². The molecule has 1 heterocycles. The molecule has 24 heavy (non-hydrogen) atoms. The highest BCUT2D eigenvalue weighted by molar-refractivity contribution is 5.91. The lowest BCUT2D eigenvalue weighted by Crippen LogP contribution is -2.44. The summed E-state index contributed by atoms with van der Waals surface area (Å²) < 4.78 is 5.35. The van der Waals surface area contributed by atoms with Crippen molar-refractivity contribution in [1.29, 1.82) is 0 Å². The summed E-state index contributed by atoms with van der Waals surface area (Å²) in [5, 5.41) is 15.0. The maximum Gasteiger partial charge on any atom is 0.121 e. The van der Waals surface area contributed by atoms with Gasteiger partial charge in [-0.15, -0.1) is 12.4 Å². The number of nitrogens with one attached hydrogen (secondary N) is 1. The lowest BCUT2D eigenvalue weighted by atomic mass is 10.1. The van der Waals surface area contributed by atoms with Crippen LogP contribution in [-0.2, 0) is 0 Å². The third kappa shape index (κ3) is 5.51. The largest absolute Gasteiger partial charge is 0.497 e. The number of hydrogen-bond donors (Lipinski definition) is 2. The standard InChI is InChI=1S/C18H27N3O2.ClH/c1-5-9-21(3)13-18(2,22)12-20-16-11-15(23-4)10-14-7-6-8-19-17(14)16;/h6-8,10-11,20,22H,5,9,12-13H2,1-4H3;1H. The molecule has 0 aliphatic carbocycles. The summed E-state index contributed by atoms with van der Waals surface area (Å²) in [6.45, 7) is 6.02. The molecule has 134 valence electrons. The van der Waals surface area contributed by atoms with E-state index in [9.17, 15) is 5.11 Å². The molecule has 0 spiro atoms. The van der Waals surface area contributed by atoms with E-state index in [0.717, 1.165) is 35.3 Å². The zero-order chi connectivity index (χ0) is 16.9. The summed E-state index contributed by atoms with van der Waals surface area (Å²) in [5.74, 6) is 0.774. The first-order valence-corrected chi connectivity index (χ1v) is 8.03. The van der Waals surface area contributed by atoms with Gasteiger partial charge < -0.3 is 20.1 Å². The molecule has 2 aromatic rings. The number of fused-ring (bicyclic) bond motifs is 1. The number of anilines is 1. The molecule has 0 bridgehead atoms. The van der Waals surface area contributed by atoms with E-state index in [1.165, 1.54) is 0 Å². The molecule has 2 N–H and O–H groups in total. The van der Waals surface area contributed by atoms with Crippen LogP contribution in [-0.4, -0.2) is 54.4 Å². The number of aromatic nitrogens is 1. The van der Waals surface area contributed by atoms with Crippen LogP contribution in [0, 0.1) is 0 Å². The summed E-state index contributed by atoms with van der Waals surface area (Å²) in [7, 11) is 3.68. The maximum atomic E-state index is 10.6. The van der Waals surface area contributed by atoms with Crippen LogP contribution in [0.3, 0.4) is 0 Å². The van der Waals surface area contributed by atoms with Crippen molar-refractivity contribution in [3.05, 3.63) is 30.5 Å². The van der Waals surface area contributed by atoms with Gasteiger partial charge >= 0.3 is 0 Å². The van der Waals surface area contributed by atoms with Crippen molar-refractivity contribution in [3.8, 4) is 5.75 Å². The molecule has 5 nitrogen and oxygen atoms in total. The second kappa shape index (κ2) is 9.06. The van der Waals surface area contributed by atoms with E-state index in [1.807, 2.05) is 38.2 Å². The molecule has 0 radical (unpaired) electrons. The maximum absolute atomic E-state index is 10.6. The molecule has 1 unspecified atom stereocenters. The smallest absolute Gasteiger partial charge is 0.121 e. The minimum Gasteiger partial charge on any atom is -0.497 e. The fourth-order valence-electron chi connectivity index (χ4n) is 2.80. The average molecular weight is 354 g/mol. The highest BCUT2D eigenvalue weighted by atomic mass is 35.5. The minimum atomic E-state index is -0.825. The van der Waals surface area contributed by atoms with Gasteiger partial charge in [0.1, 0.15) is 5.75 Å². The van der Waals surface area contributed by atoms with Gasteiger partial charge in [0.2, 0.25) is 0 Å². The van der Waals surface area contributed by atoms with Gasteiger partial charge in [-0.2, -0.15) is 0 Å². The quantitative estimate of drug-likeness (QED) is 0.763. The van der Waals surface area contributed by atoms with Crippen LogP contribution in [0.2, 0.25) is 0 Å². The van der Waals surface area contributed by atoms with Gasteiger partial charge in [-0.1, -0.05) is 13.0 Å². The topological polar surface area (TPSA) is 57.6 Å². The summed E-state index contributed by atoms with van der Waals surface area (Å²) >= 11 is 0. The molecule has 0 saturated heterocycles. The van der Waals surface area contributed by atoms with Crippen LogP contribution >= 0.6 is 12.4 Å². The second-order valence-corrected chi connectivity index (χ2v) is 6.34. The number of rotatable bonds is 8. The normalized spacial score (nSPS) is 13.4. The summed E-state index contributed by atoms with van der Waals surface area (Å²) in [4.78, 5) is 6.58. The Hall–Kier alpha value is -1.56. The first-order chi connectivity index (χ1) is 10.9. The van der Waals surface area contributed by atoms with Crippen molar-refractivity contribution in [1.82, 2.24) is 9.88 Å². The molecular weight excluding hydrogens is 326 g/mol. The Morgan fingerprint density at radius 3 is 2.79 bits per heavy atom. The van der Waals surface area contributed by atoms with Gasteiger partial charge in [0.25, 0.3) is 0 Å². The van der Waals surface area contributed by atoms with E-state index < -0.39 is 5.60 Å². The highest BCUT2D eigenvalue weighted by Gasteiger charge is 2.22. The summed E-state index contributed by atoms with van der Waals surface area (Å²) in [5.41, 5.74) is 0.929. The Balaban J connectivity index is 0.00000288. The third-order valence-corrected chi connectivity index (χ3v) is 3.79. The molecule has 1 aromatic carbocycles. The van der Waals surface area contributed by atoms with E-state index >= 15 is 0 Å². The Morgan fingerprint density at radius 2 is 2.12 bits per heavy atom. The van der Waals surface area contributed by atoms with Crippen molar-refractivity contribution >= 4 is 29.0 Å². The van der Waals surface area contributed by atoms with E-state index in [-0.39, 0.29) is 12.4 Å². The number of pyridine rings is 1. The number of halogens is 1. The fourth-order valence-corrected chi connectivity index (χ4v) is 2.80. The number of nitrogens with zero attached hydrogens (tertiary/aromatic N) is 2. The molecule has 1 aromatic heterocycles. The third-order valence-electron chi connectivity index (χ3n) is 3.79. The predicted octanol–water partition coefficient (Wildman–Crippen LogP) is 3.17. The van der Waals surface area contributed by atoms with Crippen LogP contribution in [0.15, 0.2) is 30.5 Å². The molecule has 6 heteroatoms. The van der Waals surface area contributed by atoms with Crippen LogP contribution in [0.5, 0.6) is 5.75 Å². The van der Waals surface area contributed by atoms with Gasteiger partial charge in [-0.25, -0.2) is 0 Å². The molecular formula is C18H28ClN3O2. The van der Waals surface area contributed by atoms with Gasteiger partial charge in [0.05, 0.1) is 23.9 Å². The van der Waals surface area contributed by atoms with Gasteiger partial charge in [-0.3, -0.25) is 4.98 Å². The van der Waals surface area contributed by atoms with Crippen molar-refractivity contribution in [2.45, 2.75) is 25.9 Å². The summed E-state index contributed by atoms with van der Waals surface area (Å²) in [6, 6.07) is 7.78. The lowest BCUT2D eigenvalue weighted by molar-refractivity contribution is 0.0391. The number of methoxy groups -OCH3 is 1. The monoisotopic (exact) mass is 353 g/mol. The van der Waals surface area contributed by atoms with E-state index in [0.29, 0.717) is 13.1 Å². The fraction of sp³-hybridized carbons (Fsp3) is 0.500. The van der Waals surface area contributed by atoms with Crippen molar-refractivity contribution in [3.63, 3.8) is 0 Å². The van der Waals surface area contributed by atoms with Gasteiger partial charge in [-0.05, 0) is 39.1 Å². The molecule has 0 fully saturated rings. The van der Waals surface area contributed by atoms with E-state index in [4.69, 9.17) is 4.74 Å². The highest BCUT2D eigenvalue weighted by Crippen LogP contribution is 2.28. The first-order valence-electron chi connectivity index (χ1n) is 8.03. The van der Waals surface area contributed by atoms with Crippen molar-refractivity contribution in [2.75, 3.05) is 39.1 Å². The number of hydrogen-bond acceptors (Lipinski definition) is 5. The molecule has 0 amide bonds. The zero-order valence-corrected chi connectivity index (χ0v) is 15.7. The first kappa shape index (κ1) is 20.5. The Kier molecular flexibility index (Phi) is 7.73. The minimum absolute atomic E-state index is 0. The van der Waals surface area contributed by atoms with Crippen LogP contribution in [0.4, 0.5) is 5.69 Å². The molecule has 0 saturated carbocycles. The van der Waals surface area contributed by atoms with E-state index in [1.54, 1.807) is 13.3 Å². The molecule has 2 rings (SSSR count). The predicted molar refractivity (Wildman–Crippen MR) is 102 cm³/mol. The van der Waals surface area contributed by atoms with Crippen LogP contribution in [0.25, 0.3) is 10.9 Å². The molecule has 0 aliphatic heterocycles.